The molecule has 1 N–H and O–H groups in total. The van der Waals surface area contributed by atoms with Gasteiger partial charge in [-0.3, -0.25) is 9.59 Å². The number of amides is 1. The number of carbonyl (C=O) groups is 1. The van der Waals surface area contributed by atoms with E-state index < -0.39 is 0 Å². The largest absolute Gasteiger partial charge is 0.493 e. The molecule has 6 nitrogen and oxygen atoms in total. The van der Waals surface area contributed by atoms with Gasteiger partial charge in [-0.05, 0) is 67.3 Å². The van der Waals surface area contributed by atoms with Crippen LogP contribution < -0.4 is 25.0 Å². The lowest BCUT2D eigenvalue weighted by Crippen LogP contribution is -2.30. The third-order valence-electron chi connectivity index (χ3n) is 6.12. The molecular formula is C28H33NO5S. The second-order valence-electron chi connectivity index (χ2n) is 8.39. The summed E-state index contributed by atoms with van der Waals surface area (Å²) in [6, 6.07) is 6.98. The fourth-order valence-corrected chi connectivity index (χ4v) is 4.96. The number of ether oxygens (including phenoxy) is 3. The molecule has 0 fully saturated rings. The second kappa shape index (κ2) is 11.5. The summed E-state index contributed by atoms with van der Waals surface area (Å²) in [5.41, 5.74) is 4.78. The Labute approximate surface area is 211 Å². The van der Waals surface area contributed by atoms with Gasteiger partial charge >= 0.3 is 0 Å². The van der Waals surface area contributed by atoms with Crippen molar-refractivity contribution in [3.63, 3.8) is 0 Å². The van der Waals surface area contributed by atoms with Gasteiger partial charge in [0.15, 0.2) is 16.9 Å². The highest BCUT2D eigenvalue weighted by atomic mass is 32.2. The van der Waals surface area contributed by atoms with E-state index in [-0.39, 0.29) is 17.4 Å². The molecule has 1 amide bonds. The molecule has 35 heavy (non-hydrogen) atoms. The summed E-state index contributed by atoms with van der Waals surface area (Å²) < 4.78 is 17.1. The number of thioether (sulfide) groups is 1. The maximum atomic E-state index is 13.2. The van der Waals surface area contributed by atoms with Crippen molar-refractivity contribution in [2.45, 2.75) is 44.0 Å². The fraction of sp³-hybridized carbons (Fsp3) is 0.357. The smallest absolute Gasteiger partial charge is 0.247 e. The summed E-state index contributed by atoms with van der Waals surface area (Å²) in [5.74, 6) is 1.43. The molecule has 0 aliphatic heterocycles. The number of rotatable bonds is 8. The van der Waals surface area contributed by atoms with Gasteiger partial charge in [0, 0.05) is 11.1 Å². The summed E-state index contributed by atoms with van der Waals surface area (Å²) in [5, 5.41) is 3.18. The van der Waals surface area contributed by atoms with Gasteiger partial charge in [0.1, 0.15) is 0 Å². The molecule has 0 aromatic heterocycles. The molecule has 7 heteroatoms. The van der Waals surface area contributed by atoms with Gasteiger partial charge < -0.3 is 19.5 Å². The average molecular weight is 496 g/mol. The lowest BCUT2D eigenvalue weighted by Gasteiger charge is -2.20. The number of carbonyl (C=O) groups excluding carboxylic acids is 1. The predicted molar refractivity (Wildman–Crippen MR) is 142 cm³/mol. The number of allylic oxidation sites excluding steroid dienone is 2. The molecule has 186 valence electrons. The quantitative estimate of drug-likeness (QED) is 0.297. The third kappa shape index (κ3) is 5.40. The minimum absolute atomic E-state index is 0.0888. The summed E-state index contributed by atoms with van der Waals surface area (Å²) in [4.78, 5) is 26.9. The van der Waals surface area contributed by atoms with Crippen LogP contribution in [0.5, 0.6) is 17.2 Å². The van der Waals surface area contributed by atoms with Crippen LogP contribution in [-0.2, 0) is 11.2 Å². The van der Waals surface area contributed by atoms with Crippen LogP contribution >= 0.6 is 11.8 Å². The molecule has 1 aliphatic carbocycles. The fourth-order valence-electron chi connectivity index (χ4n) is 4.49. The number of hydrogen-bond acceptors (Lipinski definition) is 6. The van der Waals surface area contributed by atoms with Crippen molar-refractivity contribution in [1.29, 1.82) is 0 Å². The van der Waals surface area contributed by atoms with Crippen molar-refractivity contribution in [3.8, 4) is 28.4 Å². The summed E-state index contributed by atoms with van der Waals surface area (Å²) >= 11 is 1.39. The number of nitrogens with one attached hydrogen (secondary N) is 1. The lowest BCUT2D eigenvalue weighted by atomic mass is 9.95. The first-order valence-corrected chi connectivity index (χ1v) is 12.7. The van der Waals surface area contributed by atoms with Crippen molar-refractivity contribution in [3.05, 3.63) is 69.4 Å². The first-order valence-electron chi connectivity index (χ1n) is 11.5. The third-order valence-corrected chi connectivity index (χ3v) is 6.90. The van der Waals surface area contributed by atoms with Crippen LogP contribution in [0, 0.1) is 0 Å². The summed E-state index contributed by atoms with van der Waals surface area (Å²) in [6.07, 6.45) is 5.50. The highest BCUT2D eigenvalue weighted by Gasteiger charge is 2.30. The Morgan fingerprint density at radius 3 is 2.46 bits per heavy atom. The summed E-state index contributed by atoms with van der Waals surface area (Å²) in [6.45, 7) is 7.71. The van der Waals surface area contributed by atoms with Crippen LogP contribution in [0.25, 0.3) is 11.1 Å². The van der Waals surface area contributed by atoms with E-state index >= 15 is 0 Å². The van der Waals surface area contributed by atoms with E-state index in [1.807, 2.05) is 38.3 Å². The Kier molecular flexibility index (Phi) is 8.67. The minimum atomic E-state index is -0.374. The van der Waals surface area contributed by atoms with Crippen molar-refractivity contribution >= 4 is 17.7 Å². The Morgan fingerprint density at radius 2 is 1.89 bits per heavy atom. The van der Waals surface area contributed by atoms with Crippen LogP contribution in [0.15, 0.2) is 57.8 Å². The predicted octanol–water partition coefficient (Wildman–Crippen LogP) is 5.48. The SMILES string of the molecule is C=C(C)/C=C(\CC)C(=O)N[C@H]1CCc2cc(OC)c(OC)c(OC)c2-c2ccc(SC)c(=O)cc21. The maximum absolute atomic E-state index is 13.2. The van der Waals surface area contributed by atoms with Gasteiger partial charge in [-0.2, -0.15) is 0 Å². The highest BCUT2D eigenvalue weighted by Crippen LogP contribution is 2.50. The molecule has 0 radical (unpaired) electrons. The van der Waals surface area contributed by atoms with Crippen molar-refractivity contribution < 1.29 is 19.0 Å². The first-order chi connectivity index (χ1) is 16.8. The standard InChI is InChI=1S/C28H33NO5S/c1-8-17(13-16(2)3)28(31)29-21-11-9-18-14-23(32-4)26(33-5)27(34-6)25(18)19-10-12-24(35-7)22(30)15-20(19)21/h10,12-15,21H,2,8-9,11H2,1,3-7H3,(H,29,31)/b17-13+/t21-/m0/s1. The molecular weight excluding hydrogens is 462 g/mol. The van der Waals surface area contributed by atoms with Gasteiger partial charge in [0.2, 0.25) is 11.7 Å². The van der Waals surface area contributed by atoms with E-state index in [0.717, 1.165) is 27.8 Å². The van der Waals surface area contributed by atoms with Gasteiger partial charge in [0.05, 0.1) is 32.3 Å². The van der Waals surface area contributed by atoms with E-state index in [1.165, 1.54) is 11.8 Å². The molecule has 1 atom stereocenters. The molecule has 0 unspecified atom stereocenters. The van der Waals surface area contributed by atoms with Crippen molar-refractivity contribution in [2.75, 3.05) is 27.6 Å². The number of methoxy groups -OCH3 is 3. The molecule has 0 heterocycles. The van der Waals surface area contributed by atoms with Crippen molar-refractivity contribution in [1.82, 2.24) is 5.32 Å². The van der Waals surface area contributed by atoms with E-state index in [1.54, 1.807) is 33.5 Å². The number of hydrogen-bond donors (Lipinski definition) is 1. The summed E-state index contributed by atoms with van der Waals surface area (Å²) in [7, 11) is 4.75. The molecule has 1 aliphatic rings. The Morgan fingerprint density at radius 1 is 1.17 bits per heavy atom. The van der Waals surface area contributed by atoms with Crippen LogP contribution in [-0.4, -0.2) is 33.5 Å². The van der Waals surface area contributed by atoms with E-state index in [9.17, 15) is 9.59 Å². The van der Waals surface area contributed by atoms with Gasteiger partial charge in [-0.25, -0.2) is 0 Å². The zero-order chi connectivity index (χ0) is 25.7. The van der Waals surface area contributed by atoms with Crippen LogP contribution in [0.3, 0.4) is 0 Å². The normalized spacial score (nSPS) is 14.8. The Hall–Kier alpha value is -3.19. The molecule has 0 saturated heterocycles. The monoisotopic (exact) mass is 495 g/mol. The van der Waals surface area contributed by atoms with Gasteiger partial charge in [-0.15, -0.1) is 11.8 Å². The molecule has 3 rings (SSSR count). The van der Waals surface area contributed by atoms with Crippen LogP contribution in [0.2, 0.25) is 0 Å². The van der Waals surface area contributed by atoms with Gasteiger partial charge in [0.25, 0.3) is 0 Å². The zero-order valence-electron chi connectivity index (χ0n) is 21.2. The van der Waals surface area contributed by atoms with E-state index in [0.29, 0.717) is 47.0 Å². The zero-order valence-corrected chi connectivity index (χ0v) is 22.1. The van der Waals surface area contributed by atoms with E-state index in [4.69, 9.17) is 14.2 Å². The highest BCUT2D eigenvalue weighted by molar-refractivity contribution is 7.98. The van der Waals surface area contributed by atoms with Crippen LogP contribution in [0.1, 0.15) is 43.9 Å². The molecule has 0 bridgehead atoms. The number of benzene rings is 1. The topological polar surface area (TPSA) is 73.9 Å². The Balaban J connectivity index is 2.29. The molecule has 0 saturated carbocycles. The van der Waals surface area contributed by atoms with Gasteiger partial charge in [-0.1, -0.05) is 31.2 Å². The van der Waals surface area contributed by atoms with Crippen LogP contribution in [0.4, 0.5) is 0 Å². The molecule has 2 aromatic rings. The second-order valence-corrected chi connectivity index (χ2v) is 9.24. The first kappa shape index (κ1) is 26.4. The number of fused-ring (bicyclic) bond motifs is 3. The molecule has 0 spiro atoms. The minimum Gasteiger partial charge on any atom is -0.493 e. The maximum Gasteiger partial charge on any atom is 0.247 e. The molecule has 2 aromatic carbocycles. The van der Waals surface area contributed by atoms with E-state index in [2.05, 4.69) is 11.9 Å². The number of aryl methyl sites for hydroxylation is 1. The Bertz CT molecular complexity index is 1230. The van der Waals surface area contributed by atoms with Crippen molar-refractivity contribution in [2.24, 2.45) is 0 Å². The lowest BCUT2D eigenvalue weighted by molar-refractivity contribution is -0.118. The average Bonchev–Trinajstić information content (AvgIpc) is 3.09.